The van der Waals surface area contributed by atoms with Crippen LogP contribution in [0.4, 0.5) is 13.2 Å². The van der Waals surface area contributed by atoms with Gasteiger partial charge in [0.15, 0.2) is 0 Å². The van der Waals surface area contributed by atoms with E-state index >= 15 is 0 Å². The Labute approximate surface area is 106 Å². The van der Waals surface area contributed by atoms with Crippen LogP contribution in [-0.4, -0.2) is 23.2 Å². The van der Waals surface area contributed by atoms with E-state index in [1.54, 1.807) is 18.2 Å². The van der Waals surface area contributed by atoms with Gasteiger partial charge >= 0.3 is 18.1 Å². The lowest BCUT2D eigenvalue weighted by Gasteiger charge is -2.15. The fourth-order valence-corrected chi connectivity index (χ4v) is 2.25. The van der Waals surface area contributed by atoms with E-state index < -0.39 is 30.0 Å². The standard InChI is InChI=1S/C12H10F3NO3/c13-12(14,15)11(19)16-9-5-8(10(17)18)6-3-1-2-4-7(6)9/h1-4,8-9H,5H2,(H,16,19)(H,17,18). The monoisotopic (exact) mass is 273 g/mol. The highest BCUT2D eigenvalue weighted by molar-refractivity contribution is 5.83. The molecule has 1 aromatic rings. The Kier molecular flexibility index (Phi) is 3.21. The van der Waals surface area contributed by atoms with Crippen molar-refractivity contribution < 1.29 is 27.9 Å². The molecular weight excluding hydrogens is 263 g/mol. The van der Waals surface area contributed by atoms with Crippen molar-refractivity contribution in [3.05, 3.63) is 35.4 Å². The van der Waals surface area contributed by atoms with Crippen molar-refractivity contribution in [1.82, 2.24) is 5.32 Å². The first-order valence-electron chi connectivity index (χ1n) is 5.50. The number of rotatable bonds is 2. The van der Waals surface area contributed by atoms with Crippen LogP contribution in [0.2, 0.25) is 0 Å². The summed E-state index contributed by atoms with van der Waals surface area (Å²) in [7, 11) is 0. The van der Waals surface area contributed by atoms with Gasteiger partial charge in [-0.1, -0.05) is 24.3 Å². The first kappa shape index (κ1) is 13.4. The maximum Gasteiger partial charge on any atom is 0.471 e. The second-order valence-corrected chi connectivity index (χ2v) is 4.28. The van der Waals surface area contributed by atoms with E-state index in [4.69, 9.17) is 5.11 Å². The molecule has 1 amide bonds. The summed E-state index contributed by atoms with van der Waals surface area (Å²) in [6.45, 7) is 0. The van der Waals surface area contributed by atoms with Crippen LogP contribution in [0.15, 0.2) is 24.3 Å². The molecule has 0 radical (unpaired) electrons. The fourth-order valence-electron chi connectivity index (χ4n) is 2.25. The number of benzene rings is 1. The van der Waals surface area contributed by atoms with E-state index in [0.29, 0.717) is 11.1 Å². The molecule has 1 aliphatic carbocycles. The minimum absolute atomic E-state index is 0.0729. The Balaban J connectivity index is 2.26. The highest BCUT2D eigenvalue weighted by atomic mass is 19.4. The van der Waals surface area contributed by atoms with Gasteiger partial charge in [-0.15, -0.1) is 0 Å². The number of halogens is 3. The number of carbonyl (C=O) groups is 2. The topological polar surface area (TPSA) is 66.4 Å². The average molecular weight is 273 g/mol. The lowest BCUT2D eigenvalue weighted by atomic mass is 10.0. The highest BCUT2D eigenvalue weighted by Gasteiger charge is 2.43. The Bertz CT molecular complexity index is 527. The Morgan fingerprint density at radius 1 is 1.21 bits per heavy atom. The molecule has 0 saturated carbocycles. The molecule has 0 spiro atoms. The van der Waals surface area contributed by atoms with Crippen LogP contribution < -0.4 is 5.32 Å². The van der Waals surface area contributed by atoms with Gasteiger partial charge in [0.05, 0.1) is 12.0 Å². The van der Waals surface area contributed by atoms with Crippen LogP contribution in [-0.2, 0) is 9.59 Å². The first-order valence-corrected chi connectivity index (χ1v) is 5.50. The van der Waals surface area contributed by atoms with E-state index in [0.717, 1.165) is 0 Å². The molecule has 102 valence electrons. The second kappa shape index (κ2) is 4.56. The van der Waals surface area contributed by atoms with Crippen molar-refractivity contribution in [2.45, 2.75) is 24.6 Å². The minimum atomic E-state index is -4.98. The smallest absolute Gasteiger partial charge is 0.471 e. The van der Waals surface area contributed by atoms with E-state index in [2.05, 4.69) is 0 Å². The zero-order valence-electron chi connectivity index (χ0n) is 9.57. The summed E-state index contributed by atoms with van der Waals surface area (Å²) < 4.78 is 36.6. The summed E-state index contributed by atoms with van der Waals surface area (Å²) in [6, 6.07) is 5.36. The van der Waals surface area contributed by atoms with Crippen molar-refractivity contribution >= 4 is 11.9 Å². The minimum Gasteiger partial charge on any atom is -0.481 e. The van der Waals surface area contributed by atoms with Gasteiger partial charge in [0.2, 0.25) is 0 Å². The molecular formula is C12H10F3NO3. The molecule has 2 atom stereocenters. The number of carboxylic acid groups (broad SMARTS) is 1. The molecule has 2 N–H and O–H groups in total. The SMILES string of the molecule is O=C(O)C1CC(NC(=O)C(F)(F)F)c2ccccc21. The van der Waals surface area contributed by atoms with Gasteiger partial charge in [0.25, 0.3) is 0 Å². The average Bonchev–Trinajstić information content (AvgIpc) is 2.67. The number of hydrogen-bond donors (Lipinski definition) is 2. The van der Waals surface area contributed by atoms with E-state index in [1.165, 1.54) is 6.07 Å². The van der Waals surface area contributed by atoms with Crippen molar-refractivity contribution in [1.29, 1.82) is 0 Å². The Morgan fingerprint density at radius 3 is 2.32 bits per heavy atom. The summed E-state index contributed by atoms with van der Waals surface area (Å²) in [5, 5.41) is 10.9. The number of carboxylic acids is 1. The van der Waals surface area contributed by atoms with Gasteiger partial charge in [-0.2, -0.15) is 13.2 Å². The summed E-state index contributed by atoms with van der Waals surface area (Å²) in [5.41, 5.74) is 0.870. The van der Waals surface area contributed by atoms with Gasteiger partial charge < -0.3 is 10.4 Å². The lowest BCUT2D eigenvalue weighted by molar-refractivity contribution is -0.174. The number of hydrogen-bond acceptors (Lipinski definition) is 2. The molecule has 2 rings (SSSR count). The highest BCUT2D eigenvalue weighted by Crippen LogP contribution is 2.40. The molecule has 0 aromatic heterocycles. The quantitative estimate of drug-likeness (QED) is 0.865. The third-order valence-corrected chi connectivity index (χ3v) is 3.08. The molecule has 0 saturated heterocycles. The number of alkyl halides is 3. The largest absolute Gasteiger partial charge is 0.481 e. The summed E-state index contributed by atoms with van der Waals surface area (Å²) >= 11 is 0. The number of amides is 1. The van der Waals surface area contributed by atoms with Crippen LogP contribution in [0, 0.1) is 0 Å². The number of carbonyl (C=O) groups excluding carboxylic acids is 1. The summed E-state index contributed by atoms with van der Waals surface area (Å²) in [4.78, 5) is 22.0. The second-order valence-electron chi connectivity index (χ2n) is 4.28. The molecule has 0 heterocycles. The molecule has 0 bridgehead atoms. The maximum atomic E-state index is 12.2. The van der Waals surface area contributed by atoms with E-state index in [9.17, 15) is 22.8 Å². The molecule has 19 heavy (non-hydrogen) atoms. The zero-order chi connectivity index (χ0) is 14.2. The molecule has 1 aliphatic rings. The molecule has 0 aliphatic heterocycles. The van der Waals surface area contributed by atoms with Gasteiger partial charge in [-0.25, -0.2) is 0 Å². The van der Waals surface area contributed by atoms with Gasteiger partial charge in [-0.05, 0) is 17.5 Å². The van der Waals surface area contributed by atoms with Gasteiger partial charge in [0.1, 0.15) is 0 Å². The summed E-state index contributed by atoms with van der Waals surface area (Å²) in [5.74, 6) is -4.07. The Morgan fingerprint density at radius 2 is 1.79 bits per heavy atom. The van der Waals surface area contributed by atoms with Crippen molar-refractivity contribution in [3.8, 4) is 0 Å². The van der Waals surface area contributed by atoms with Crippen molar-refractivity contribution in [2.24, 2.45) is 0 Å². The van der Waals surface area contributed by atoms with Crippen molar-refractivity contribution in [3.63, 3.8) is 0 Å². The molecule has 4 nitrogen and oxygen atoms in total. The third-order valence-electron chi connectivity index (χ3n) is 3.08. The lowest BCUT2D eigenvalue weighted by Crippen LogP contribution is -2.38. The maximum absolute atomic E-state index is 12.2. The normalized spacial score (nSPS) is 21.8. The number of aliphatic carboxylic acids is 1. The predicted molar refractivity (Wildman–Crippen MR) is 58.4 cm³/mol. The molecule has 2 unspecified atom stereocenters. The van der Waals surface area contributed by atoms with Crippen LogP contribution in [0.5, 0.6) is 0 Å². The molecule has 1 aromatic carbocycles. The van der Waals surface area contributed by atoms with Gasteiger partial charge in [0, 0.05) is 0 Å². The van der Waals surface area contributed by atoms with Gasteiger partial charge in [-0.3, -0.25) is 9.59 Å². The predicted octanol–water partition coefficient (Wildman–Crippen LogP) is 1.98. The number of fused-ring (bicyclic) bond motifs is 1. The summed E-state index contributed by atoms with van der Waals surface area (Å²) in [6.07, 6.45) is -5.05. The third kappa shape index (κ3) is 2.54. The molecule has 0 fully saturated rings. The first-order chi connectivity index (χ1) is 8.80. The van der Waals surface area contributed by atoms with E-state index in [-0.39, 0.29) is 6.42 Å². The van der Waals surface area contributed by atoms with Crippen LogP contribution >= 0.6 is 0 Å². The van der Waals surface area contributed by atoms with Crippen LogP contribution in [0.25, 0.3) is 0 Å². The van der Waals surface area contributed by atoms with Crippen LogP contribution in [0.1, 0.15) is 29.5 Å². The van der Waals surface area contributed by atoms with Crippen molar-refractivity contribution in [2.75, 3.05) is 0 Å². The number of nitrogens with one attached hydrogen (secondary N) is 1. The van der Waals surface area contributed by atoms with E-state index in [1.807, 2.05) is 5.32 Å². The van der Waals surface area contributed by atoms with Crippen LogP contribution in [0.3, 0.4) is 0 Å². The fraction of sp³-hybridized carbons (Fsp3) is 0.333. The zero-order valence-corrected chi connectivity index (χ0v) is 9.57. The molecule has 7 heteroatoms. The Hall–Kier alpha value is -2.05.